The van der Waals surface area contributed by atoms with Gasteiger partial charge in [-0.1, -0.05) is 23.7 Å². The Morgan fingerprint density at radius 3 is 2.89 bits per heavy atom. The molecule has 1 N–H and O–H groups in total. The number of nitrogens with one attached hydrogen (secondary N) is 1. The van der Waals surface area contributed by atoms with E-state index in [9.17, 15) is 14.9 Å². The number of nitrogens with zero attached hydrogens (tertiary/aromatic N) is 5. The van der Waals surface area contributed by atoms with Gasteiger partial charge in [-0.2, -0.15) is 10.2 Å². The van der Waals surface area contributed by atoms with Crippen molar-refractivity contribution in [2.24, 2.45) is 0 Å². The minimum atomic E-state index is -0.495. The molecule has 0 aliphatic carbocycles. The molecule has 2 aromatic heterocycles. The topological polar surface area (TPSA) is 108 Å². The van der Waals surface area contributed by atoms with Gasteiger partial charge in [0.15, 0.2) is 5.82 Å². The molecule has 140 valence electrons. The van der Waals surface area contributed by atoms with Crippen LogP contribution >= 0.6 is 11.6 Å². The van der Waals surface area contributed by atoms with Crippen LogP contribution in [0, 0.1) is 17.0 Å². The molecule has 0 spiro atoms. The molecule has 1 aromatic carbocycles. The van der Waals surface area contributed by atoms with Crippen LogP contribution in [0.5, 0.6) is 0 Å². The molecule has 1 amide bonds. The summed E-state index contributed by atoms with van der Waals surface area (Å²) in [5.74, 6) is 0.186. The van der Waals surface area contributed by atoms with Crippen molar-refractivity contribution >= 4 is 29.0 Å². The zero-order valence-electron chi connectivity index (χ0n) is 14.5. The smallest absolute Gasteiger partial charge is 0.309 e. The van der Waals surface area contributed by atoms with Crippen LogP contribution in [-0.2, 0) is 17.9 Å². The van der Waals surface area contributed by atoms with Crippen LogP contribution in [0.1, 0.15) is 17.7 Å². The summed E-state index contributed by atoms with van der Waals surface area (Å²) in [7, 11) is 0. The van der Waals surface area contributed by atoms with Crippen molar-refractivity contribution in [1.82, 2.24) is 19.6 Å². The first-order valence-corrected chi connectivity index (χ1v) is 8.55. The normalized spacial score (nSPS) is 10.7. The summed E-state index contributed by atoms with van der Waals surface area (Å²) in [4.78, 5) is 22.4. The summed E-state index contributed by atoms with van der Waals surface area (Å²) in [6, 6.07) is 9.16. The summed E-state index contributed by atoms with van der Waals surface area (Å²) in [6.45, 7) is 2.38. The van der Waals surface area contributed by atoms with Gasteiger partial charge < -0.3 is 5.32 Å². The fourth-order valence-corrected chi connectivity index (χ4v) is 2.81. The van der Waals surface area contributed by atoms with Crippen LogP contribution in [0.15, 0.2) is 42.7 Å². The van der Waals surface area contributed by atoms with Gasteiger partial charge in [0, 0.05) is 23.7 Å². The van der Waals surface area contributed by atoms with Crippen molar-refractivity contribution in [3.63, 3.8) is 0 Å². The SMILES string of the molecule is Cc1c([N+](=O)[O-])cnn1CCC(=O)Nc1ccn(Cc2cccc(Cl)c2)n1. The number of nitro groups is 1. The number of amides is 1. The lowest BCUT2D eigenvalue weighted by Gasteiger charge is -2.05. The molecular formula is C17H17ClN6O3. The third kappa shape index (κ3) is 4.70. The molecular weight excluding hydrogens is 372 g/mol. The number of benzene rings is 1. The van der Waals surface area contributed by atoms with Crippen molar-refractivity contribution < 1.29 is 9.72 Å². The first-order chi connectivity index (χ1) is 12.9. The zero-order chi connectivity index (χ0) is 19.4. The molecule has 2 heterocycles. The van der Waals surface area contributed by atoms with E-state index < -0.39 is 4.92 Å². The molecule has 0 aliphatic heterocycles. The van der Waals surface area contributed by atoms with E-state index in [0.717, 1.165) is 5.56 Å². The van der Waals surface area contributed by atoms with E-state index >= 15 is 0 Å². The number of hydrogen-bond donors (Lipinski definition) is 1. The Kier molecular flexibility index (Phi) is 5.51. The molecule has 0 saturated carbocycles. The average molecular weight is 389 g/mol. The highest BCUT2D eigenvalue weighted by atomic mass is 35.5. The van der Waals surface area contributed by atoms with Gasteiger partial charge in [0.1, 0.15) is 11.9 Å². The fourth-order valence-electron chi connectivity index (χ4n) is 2.59. The molecule has 0 saturated heterocycles. The lowest BCUT2D eigenvalue weighted by atomic mass is 10.2. The van der Waals surface area contributed by atoms with E-state index in [4.69, 9.17) is 11.6 Å². The Balaban J connectivity index is 1.54. The quantitative estimate of drug-likeness (QED) is 0.494. The van der Waals surface area contributed by atoms with E-state index in [1.807, 2.05) is 18.2 Å². The third-order valence-corrected chi connectivity index (χ3v) is 4.20. The number of halogens is 1. The molecule has 0 radical (unpaired) electrons. The van der Waals surface area contributed by atoms with Gasteiger partial charge in [-0.25, -0.2) is 0 Å². The summed E-state index contributed by atoms with van der Waals surface area (Å²) >= 11 is 5.97. The van der Waals surface area contributed by atoms with Crippen molar-refractivity contribution in [3.05, 3.63) is 69.1 Å². The van der Waals surface area contributed by atoms with Crippen LogP contribution < -0.4 is 5.32 Å². The highest BCUT2D eigenvalue weighted by molar-refractivity contribution is 6.30. The van der Waals surface area contributed by atoms with Crippen LogP contribution in [-0.4, -0.2) is 30.4 Å². The van der Waals surface area contributed by atoms with Crippen molar-refractivity contribution in [2.45, 2.75) is 26.4 Å². The maximum Gasteiger partial charge on any atom is 0.309 e. The van der Waals surface area contributed by atoms with E-state index in [1.54, 1.807) is 29.9 Å². The summed E-state index contributed by atoms with van der Waals surface area (Å²) in [5, 5.41) is 22.4. The third-order valence-electron chi connectivity index (χ3n) is 3.97. The number of aromatic nitrogens is 4. The van der Waals surface area contributed by atoms with Gasteiger partial charge in [0.2, 0.25) is 5.91 Å². The van der Waals surface area contributed by atoms with Gasteiger partial charge in [-0.05, 0) is 24.6 Å². The molecule has 0 atom stereocenters. The second-order valence-electron chi connectivity index (χ2n) is 5.92. The van der Waals surface area contributed by atoms with E-state index in [-0.39, 0.29) is 24.6 Å². The number of carbonyl (C=O) groups excluding carboxylic acids is 1. The van der Waals surface area contributed by atoms with Crippen LogP contribution in [0.3, 0.4) is 0 Å². The van der Waals surface area contributed by atoms with Gasteiger partial charge in [0.25, 0.3) is 0 Å². The summed E-state index contributed by atoms with van der Waals surface area (Å²) in [5.41, 5.74) is 1.35. The van der Waals surface area contributed by atoms with Crippen molar-refractivity contribution in [1.29, 1.82) is 0 Å². The maximum absolute atomic E-state index is 12.1. The molecule has 0 fully saturated rings. The second kappa shape index (κ2) is 8.00. The highest BCUT2D eigenvalue weighted by Crippen LogP contribution is 2.16. The lowest BCUT2D eigenvalue weighted by molar-refractivity contribution is -0.385. The minimum Gasteiger partial charge on any atom is -0.309 e. The van der Waals surface area contributed by atoms with E-state index in [1.165, 1.54) is 10.9 Å². The number of anilines is 1. The van der Waals surface area contributed by atoms with Gasteiger partial charge in [-0.15, -0.1) is 0 Å². The number of hydrogen-bond acceptors (Lipinski definition) is 5. The van der Waals surface area contributed by atoms with E-state index in [2.05, 4.69) is 15.5 Å². The highest BCUT2D eigenvalue weighted by Gasteiger charge is 2.16. The van der Waals surface area contributed by atoms with Crippen LogP contribution in [0.25, 0.3) is 0 Å². The van der Waals surface area contributed by atoms with E-state index in [0.29, 0.717) is 23.1 Å². The minimum absolute atomic E-state index is 0.0600. The molecule has 27 heavy (non-hydrogen) atoms. The summed E-state index contributed by atoms with van der Waals surface area (Å²) in [6.07, 6.45) is 3.07. The molecule has 0 bridgehead atoms. The average Bonchev–Trinajstić information content (AvgIpc) is 3.19. The van der Waals surface area contributed by atoms with Crippen LogP contribution in [0.2, 0.25) is 5.02 Å². The van der Waals surface area contributed by atoms with Crippen LogP contribution in [0.4, 0.5) is 11.5 Å². The molecule has 0 unspecified atom stereocenters. The molecule has 3 aromatic rings. The predicted molar refractivity (Wildman–Crippen MR) is 99.6 cm³/mol. The lowest BCUT2D eigenvalue weighted by Crippen LogP contribution is -2.16. The summed E-state index contributed by atoms with van der Waals surface area (Å²) < 4.78 is 3.14. The molecule has 9 nitrogen and oxygen atoms in total. The molecule has 0 aliphatic rings. The Labute approximate surface area is 159 Å². The fraction of sp³-hybridized carbons (Fsp3) is 0.235. The molecule has 10 heteroatoms. The largest absolute Gasteiger partial charge is 0.309 e. The first-order valence-electron chi connectivity index (χ1n) is 8.17. The second-order valence-corrected chi connectivity index (χ2v) is 6.36. The number of aryl methyl sites for hydroxylation is 1. The van der Waals surface area contributed by atoms with Gasteiger partial charge in [-0.3, -0.25) is 24.3 Å². The van der Waals surface area contributed by atoms with Crippen molar-refractivity contribution in [3.8, 4) is 0 Å². The Bertz CT molecular complexity index is 981. The van der Waals surface area contributed by atoms with Crippen molar-refractivity contribution in [2.75, 3.05) is 5.32 Å². The number of carbonyl (C=O) groups is 1. The monoisotopic (exact) mass is 388 g/mol. The predicted octanol–water partition coefficient (Wildman–Crippen LogP) is 3.03. The molecule has 3 rings (SSSR count). The van der Waals surface area contributed by atoms with Gasteiger partial charge in [0.05, 0.1) is 18.0 Å². The Morgan fingerprint density at radius 1 is 1.37 bits per heavy atom. The first kappa shape index (κ1) is 18.6. The maximum atomic E-state index is 12.1. The van der Waals surface area contributed by atoms with Gasteiger partial charge >= 0.3 is 5.69 Å². The number of rotatable bonds is 7. The Hall–Kier alpha value is -3.20. The standard InChI is InChI=1S/C17H17ClN6O3/c1-12-15(24(26)27)10-19-23(12)8-6-17(25)20-16-5-7-22(21-16)11-13-3-2-4-14(18)9-13/h2-5,7,9-10H,6,8,11H2,1H3,(H,20,21,25). The Morgan fingerprint density at radius 2 is 2.19 bits per heavy atom. The zero-order valence-corrected chi connectivity index (χ0v) is 15.3.